The fraction of sp³-hybridized carbons (Fsp3) is 0.435. The molecule has 2 aromatic heterocycles. The van der Waals surface area contributed by atoms with E-state index in [2.05, 4.69) is 20.6 Å². The Morgan fingerprint density at radius 2 is 1.79 bits per heavy atom. The van der Waals surface area contributed by atoms with E-state index in [1.807, 2.05) is 0 Å². The van der Waals surface area contributed by atoms with E-state index in [1.165, 1.54) is 19.2 Å². The van der Waals surface area contributed by atoms with Crippen molar-refractivity contribution in [2.75, 3.05) is 17.2 Å². The van der Waals surface area contributed by atoms with Crippen LogP contribution in [0.5, 0.6) is 11.5 Å². The number of alkyl halides is 2. The van der Waals surface area contributed by atoms with Crippen molar-refractivity contribution in [2.45, 2.75) is 51.9 Å². The molecule has 180 valence electrons. The highest BCUT2D eigenvalue weighted by Crippen LogP contribution is 2.49. The third-order valence-electron chi connectivity index (χ3n) is 6.23. The van der Waals surface area contributed by atoms with Crippen molar-refractivity contribution in [3.05, 3.63) is 36.2 Å². The van der Waals surface area contributed by atoms with Gasteiger partial charge in [0, 0.05) is 38.6 Å². The molecule has 1 aliphatic heterocycles. The molecular weight excluding hydrogens is 448 g/mol. The van der Waals surface area contributed by atoms with E-state index < -0.39 is 23.3 Å². The normalized spacial score (nSPS) is 18.6. The summed E-state index contributed by atoms with van der Waals surface area (Å²) in [6.07, 6.45) is 1.39. The number of hydrogen-bond donors (Lipinski definition) is 2. The molecule has 2 fully saturated rings. The standard InChI is InChI=1S/C23H25F2N5O4/c1-14-17(34-16-5-11-26-19(13-16)28-15(2)31)3-4-18(27-14)29-21(33)30-12-10-22(20(30)32)6-8-23(24,25)9-7-22/h3-5,11,13H,6-10,12H2,1-2H3,(H,26,28,31)(H,27,29,33). The van der Waals surface area contributed by atoms with Gasteiger partial charge in [0.25, 0.3) is 0 Å². The fourth-order valence-electron chi connectivity index (χ4n) is 4.33. The lowest BCUT2D eigenvalue weighted by Crippen LogP contribution is -2.43. The largest absolute Gasteiger partial charge is 0.455 e. The summed E-state index contributed by atoms with van der Waals surface area (Å²) in [6.45, 7) is 3.26. The van der Waals surface area contributed by atoms with Crippen LogP contribution in [0.3, 0.4) is 0 Å². The summed E-state index contributed by atoms with van der Waals surface area (Å²) in [6, 6.07) is 5.71. The zero-order chi connectivity index (χ0) is 24.5. The number of carbonyl (C=O) groups excluding carboxylic acids is 3. The second-order valence-electron chi connectivity index (χ2n) is 8.71. The lowest BCUT2D eigenvalue weighted by atomic mass is 9.72. The third-order valence-corrected chi connectivity index (χ3v) is 6.23. The molecule has 4 rings (SSSR count). The number of halogens is 2. The lowest BCUT2D eigenvalue weighted by Gasteiger charge is -2.35. The van der Waals surface area contributed by atoms with E-state index in [1.54, 1.807) is 25.1 Å². The van der Waals surface area contributed by atoms with E-state index in [-0.39, 0.29) is 44.0 Å². The van der Waals surface area contributed by atoms with Gasteiger partial charge in [-0.3, -0.25) is 19.8 Å². The first-order chi connectivity index (χ1) is 16.1. The number of amides is 4. The number of anilines is 2. The molecule has 0 aromatic carbocycles. The maximum Gasteiger partial charge on any atom is 0.329 e. The van der Waals surface area contributed by atoms with Gasteiger partial charge >= 0.3 is 6.03 Å². The van der Waals surface area contributed by atoms with Crippen LogP contribution in [0, 0.1) is 12.3 Å². The second-order valence-corrected chi connectivity index (χ2v) is 8.71. The molecule has 34 heavy (non-hydrogen) atoms. The number of nitrogens with one attached hydrogen (secondary N) is 2. The van der Waals surface area contributed by atoms with Crippen molar-refractivity contribution in [1.29, 1.82) is 0 Å². The van der Waals surface area contributed by atoms with Gasteiger partial charge in [0.1, 0.15) is 23.1 Å². The van der Waals surface area contributed by atoms with Crippen molar-refractivity contribution in [3.8, 4) is 11.5 Å². The Morgan fingerprint density at radius 1 is 1.06 bits per heavy atom. The SMILES string of the molecule is CC(=O)Nc1cc(Oc2ccc(NC(=O)N3CCC4(CCC(F)(F)CC4)C3=O)nc2C)ccn1. The van der Waals surface area contributed by atoms with Gasteiger partial charge in [-0.05, 0) is 44.4 Å². The number of hydrogen-bond acceptors (Lipinski definition) is 6. The van der Waals surface area contributed by atoms with Crippen LogP contribution in [0.1, 0.15) is 44.7 Å². The molecule has 1 saturated carbocycles. The molecule has 3 heterocycles. The smallest absolute Gasteiger partial charge is 0.329 e. The van der Waals surface area contributed by atoms with Gasteiger partial charge in [-0.25, -0.2) is 23.5 Å². The van der Waals surface area contributed by atoms with Crippen LogP contribution >= 0.6 is 0 Å². The Labute approximate surface area is 194 Å². The number of carbonyl (C=O) groups is 3. The first-order valence-electron chi connectivity index (χ1n) is 11.0. The van der Waals surface area contributed by atoms with Crippen molar-refractivity contribution in [1.82, 2.24) is 14.9 Å². The van der Waals surface area contributed by atoms with Gasteiger partial charge in [-0.2, -0.15) is 0 Å². The van der Waals surface area contributed by atoms with E-state index in [0.29, 0.717) is 29.4 Å². The number of likely N-dealkylation sites (tertiary alicyclic amines) is 1. The van der Waals surface area contributed by atoms with Crippen molar-refractivity contribution >= 4 is 29.5 Å². The Bertz CT molecular complexity index is 1130. The zero-order valence-electron chi connectivity index (χ0n) is 18.9. The van der Waals surface area contributed by atoms with Gasteiger partial charge in [0.2, 0.25) is 17.7 Å². The van der Waals surface area contributed by atoms with E-state index >= 15 is 0 Å². The predicted molar refractivity (Wildman–Crippen MR) is 119 cm³/mol. The summed E-state index contributed by atoms with van der Waals surface area (Å²) in [5.74, 6) is -1.96. The molecule has 1 spiro atoms. The molecule has 1 aliphatic carbocycles. The maximum absolute atomic E-state index is 13.5. The van der Waals surface area contributed by atoms with Crippen LogP contribution in [0.25, 0.3) is 0 Å². The molecule has 1 saturated heterocycles. The number of pyridine rings is 2. The summed E-state index contributed by atoms with van der Waals surface area (Å²) >= 11 is 0. The number of imide groups is 1. The number of urea groups is 1. The highest BCUT2D eigenvalue weighted by Gasteiger charge is 2.53. The Balaban J connectivity index is 1.40. The van der Waals surface area contributed by atoms with E-state index in [9.17, 15) is 23.2 Å². The average molecular weight is 473 g/mol. The fourth-order valence-corrected chi connectivity index (χ4v) is 4.33. The molecule has 2 N–H and O–H groups in total. The Morgan fingerprint density at radius 3 is 2.47 bits per heavy atom. The highest BCUT2D eigenvalue weighted by molar-refractivity contribution is 6.04. The topological polar surface area (TPSA) is 114 Å². The molecule has 2 aliphatic rings. The molecule has 11 heteroatoms. The number of nitrogens with zero attached hydrogens (tertiary/aromatic N) is 3. The number of ether oxygens (including phenoxy) is 1. The minimum atomic E-state index is -2.74. The van der Waals surface area contributed by atoms with Crippen LogP contribution in [0.2, 0.25) is 0 Å². The van der Waals surface area contributed by atoms with E-state index in [0.717, 1.165) is 4.90 Å². The number of rotatable bonds is 4. The molecule has 0 radical (unpaired) electrons. The number of aromatic nitrogens is 2. The minimum Gasteiger partial charge on any atom is -0.455 e. The predicted octanol–water partition coefficient (Wildman–Crippen LogP) is 4.50. The van der Waals surface area contributed by atoms with Crippen molar-refractivity contribution < 1.29 is 27.9 Å². The van der Waals surface area contributed by atoms with Crippen LogP contribution < -0.4 is 15.4 Å². The van der Waals surface area contributed by atoms with Crippen molar-refractivity contribution in [3.63, 3.8) is 0 Å². The maximum atomic E-state index is 13.5. The first kappa shape index (κ1) is 23.5. The summed E-state index contributed by atoms with van der Waals surface area (Å²) < 4.78 is 32.9. The van der Waals surface area contributed by atoms with Gasteiger partial charge in [-0.1, -0.05) is 0 Å². The van der Waals surface area contributed by atoms with Crippen LogP contribution in [0.15, 0.2) is 30.5 Å². The minimum absolute atomic E-state index is 0.0880. The van der Waals surface area contributed by atoms with Crippen LogP contribution in [-0.2, 0) is 9.59 Å². The van der Waals surface area contributed by atoms with Gasteiger partial charge in [-0.15, -0.1) is 0 Å². The monoisotopic (exact) mass is 473 g/mol. The summed E-state index contributed by atoms with van der Waals surface area (Å²) in [5.41, 5.74) is -0.393. The lowest BCUT2D eigenvalue weighted by molar-refractivity contribution is -0.140. The van der Waals surface area contributed by atoms with E-state index in [4.69, 9.17) is 4.74 Å². The third kappa shape index (κ3) is 4.97. The average Bonchev–Trinajstić information content (AvgIpc) is 3.08. The molecular formula is C23H25F2N5O4. The molecule has 0 atom stereocenters. The zero-order valence-corrected chi connectivity index (χ0v) is 18.9. The number of aryl methyl sites for hydroxylation is 1. The molecule has 2 aromatic rings. The summed E-state index contributed by atoms with van der Waals surface area (Å²) in [4.78, 5) is 46.3. The second kappa shape index (κ2) is 8.96. The first-order valence-corrected chi connectivity index (χ1v) is 11.0. The van der Waals surface area contributed by atoms with Crippen LogP contribution in [-0.4, -0.2) is 45.2 Å². The highest BCUT2D eigenvalue weighted by atomic mass is 19.3. The van der Waals surface area contributed by atoms with Crippen LogP contribution in [0.4, 0.5) is 25.2 Å². The molecule has 0 bridgehead atoms. The molecule has 4 amide bonds. The summed E-state index contributed by atoms with van der Waals surface area (Å²) in [5, 5.41) is 5.18. The van der Waals surface area contributed by atoms with Gasteiger partial charge in [0.05, 0.1) is 11.1 Å². The van der Waals surface area contributed by atoms with Crippen molar-refractivity contribution in [2.24, 2.45) is 5.41 Å². The van der Waals surface area contributed by atoms with Gasteiger partial charge in [0.15, 0.2) is 0 Å². The molecule has 0 unspecified atom stereocenters. The summed E-state index contributed by atoms with van der Waals surface area (Å²) in [7, 11) is 0. The Hall–Kier alpha value is -3.63. The molecule has 9 nitrogen and oxygen atoms in total. The van der Waals surface area contributed by atoms with Gasteiger partial charge < -0.3 is 10.1 Å². The Kier molecular flexibility index (Phi) is 6.20. The quantitative estimate of drug-likeness (QED) is 0.676.